The van der Waals surface area contributed by atoms with Crippen molar-refractivity contribution in [3.63, 3.8) is 0 Å². The monoisotopic (exact) mass is 609 g/mol. The number of aromatic nitrogens is 5. The van der Waals surface area contributed by atoms with Crippen molar-refractivity contribution in [1.29, 1.82) is 0 Å². The topological polar surface area (TPSA) is 41.0 Å². The molecule has 5 aromatic carbocycles. The molecule has 0 bridgehead atoms. The van der Waals surface area contributed by atoms with Crippen molar-refractivity contribution in [2.45, 2.75) is 0 Å². The van der Waals surface area contributed by atoms with Gasteiger partial charge in [0, 0.05) is 27.7 Å². The summed E-state index contributed by atoms with van der Waals surface area (Å²) in [6.07, 6.45) is 1.95. The van der Waals surface area contributed by atoms with Gasteiger partial charge in [0.25, 0.3) is 0 Å². The molecule has 0 fully saturated rings. The molecule has 0 N–H and O–H groups in total. The number of fused-ring (bicyclic) bond motifs is 7. The Morgan fingerprint density at radius 3 is 1.36 bits per heavy atom. The van der Waals surface area contributed by atoms with Crippen LogP contribution in [-0.2, 0) is 0 Å². The molecule has 0 amide bonds. The Hall–Kier alpha value is -5.10. The van der Waals surface area contributed by atoms with Crippen LogP contribution in [0.2, 0.25) is 0 Å². The minimum absolute atomic E-state index is 0.194. The van der Waals surface area contributed by atoms with Crippen molar-refractivity contribution >= 4 is 72.5 Å². The predicted molar refractivity (Wildman–Crippen MR) is 181 cm³/mol. The van der Waals surface area contributed by atoms with Gasteiger partial charge in [-0.15, -0.1) is 28.3 Å². The molecule has 0 spiro atoms. The van der Waals surface area contributed by atoms with Gasteiger partial charge in [0.15, 0.2) is 11.5 Å². The van der Waals surface area contributed by atoms with Crippen LogP contribution in [0.4, 0.5) is 0 Å². The van der Waals surface area contributed by atoms with E-state index in [9.17, 15) is 0 Å². The van der Waals surface area contributed by atoms with E-state index in [-0.39, 0.29) is 5.34 Å². The van der Waals surface area contributed by atoms with Crippen LogP contribution in [0.1, 0.15) is 0 Å². The second-order valence-corrected chi connectivity index (χ2v) is 11.3. The van der Waals surface area contributed by atoms with E-state index in [1.807, 2.05) is 28.9 Å². The molecule has 9 aromatic rings. The van der Waals surface area contributed by atoms with Crippen LogP contribution in [0.25, 0.3) is 72.0 Å². The summed E-state index contributed by atoms with van der Waals surface area (Å²) < 4.78 is 6.58. The largest absolute Gasteiger partial charge is 0.308 e. The molecule has 44 heavy (non-hydrogen) atoms. The molecule has 0 aliphatic carbocycles. The van der Waals surface area contributed by atoms with E-state index in [1.165, 1.54) is 21.5 Å². The molecule has 0 atom stereocenters. The van der Waals surface area contributed by atoms with Crippen LogP contribution < -0.4 is 9.50 Å². The maximum atomic E-state index is 5.07. The number of nitrogens with zero attached hydrogens (tertiary/aromatic N) is 5. The Morgan fingerprint density at radius 1 is 0.523 bits per heavy atom. The Balaban J connectivity index is 0.000000928. The summed E-state index contributed by atoms with van der Waals surface area (Å²) in [5.41, 5.74) is 8.48. The quantitative estimate of drug-likeness (QED) is 0.148. The highest BCUT2D eigenvalue weighted by Gasteiger charge is 2.23. The first-order valence-corrected chi connectivity index (χ1v) is 15.4. The molecule has 9 rings (SSSR count). The normalized spacial score (nSPS) is 11.5. The Morgan fingerprint density at radius 2 is 0.932 bits per heavy atom. The lowest BCUT2D eigenvalue weighted by molar-refractivity contribution is -0.576. The van der Waals surface area contributed by atoms with Crippen molar-refractivity contribution in [2.24, 2.45) is 0 Å². The fourth-order valence-electron chi connectivity index (χ4n) is 6.43. The van der Waals surface area contributed by atoms with Gasteiger partial charge in [-0.3, -0.25) is 0 Å². The molecule has 0 aliphatic heterocycles. The van der Waals surface area contributed by atoms with Crippen LogP contribution in [0.3, 0.4) is 0 Å². The van der Waals surface area contributed by atoms with E-state index < -0.39 is 0 Å². The smallest absolute Gasteiger partial charge is 0.186 e. The number of hydrogen-bond acceptors (Lipinski definition) is 1. The Bertz CT molecular complexity index is 2200. The van der Waals surface area contributed by atoms with Crippen LogP contribution in [0.5, 0.6) is 0 Å². The lowest BCUT2D eigenvalue weighted by atomic mass is 10.1. The summed E-state index contributed by atoms with van der Waals surface area (Å²) in [6, 6.07) is 47.0. The third-order valence-electron chi connectivity index (χ3n) is 8.13. The molecular formula is C37H25Cl2N5. The van der Waals surface area contributed by atoms with Crippen LogP contribution in [0.15, 0.2) is 140 Å². The van der Waals surface area contributed by atoms with Gasteiger partial charge in [-0.2, -0.15) is 0 Å². The molecule has 212 valence electrons. The molecule has 5 nitrogen and oxygen atoms in total. The van der Waals surface area contributed by atoms with Gasteiger partial charge < -0.3 is 9.13 Å². The summed E-state index contributed by atoms with van der Waals surface area (Å²) >= 11 is 9.53. The van der Waals surface area contributed by atoms with Crippen molar-refractivity contribution in [2.75, 3.05) is 5.34 Å². The molecular weight excluding hydrogens is 585 g/mol. The average Bonchev–Trinajstić information content (AvgIpc) is 3.75. The standard InChI is InChI=1S/C36H23N5.CH2Cl2/c1-5-16-28-24(12-1)25-13-2-6-17-29(25)40(28)32-20-11-21-33(35(32)36-37-34-22-9-10-23-39(34)38-36)41-30-18-7-3-14-26(30)27-15-4-8-19-31(27)41;2-1-3/h1-23H;1H2. The second-order valence-electron chi connectivity index (χ2n) is 10.5. The highest BCUT2D eigenvalue weighted by Crippen LogP contribution is 2.40. The van der Waals surface area contributed by atoms with Gasteiger partial charge in [-0.25, -0.2) is 9.50 Å². The molecule has 7 heteroatoms. The zero-order valence-electron chi connectivity index (χ0n) is 23.5. The van der Waals surface area contributed by atoms with E-state index >= 15 is 0 Å². The second kappa shape index (κ2) is 10.9. The highest BCUT2D eigenvalue weighted by molar-refractivity contribution is 6.40. The van der Waals surface area contributed by atoms with Gasteiger partial charge in [0.05, 0.1) is 44.3 Å². The SMILES string of the molecule is ClCCl.c1cc(-n2c3ccccc3c3ccccc32)c(-c2n[n+]3ccccc3[n-]2)c(-n2c3ccccc3c3ccccc32)c1. The van der Waals surface area contributed by atoms with Crippen LogP contribution >= 0.6 is 23.2 Å². The van der Waals surface area contributed by atoms with E-state index in [0.717, 1.165) is 44.7 Å². The summed E-state index contributed by atoms with van der Waals surface area (Å²) in [4.78, 5) is 5.07. The van der Waals surface area contributed by atoms with Crippen LogP contribution in [0, 0.1) is 0 Å². The number of halogens is 2. The molecule has 0 saturated carbocycles. The third kappa shape index (κ3) is 4.08. The van der Waals surface area contributed by atoms with Crippen molar-refractivity contribution in [1.82, 2.24) is 19.2 Å². The van der Waals surface area contributed by atoms with Crippen LogP contribution in [-0.4, -0.2) is 19.6 Å². The number of alkyl halides is 2. The van der Waals surface area contributed by atoms with E-state index in [4.69, 9.17) is 33.3 Å². The van der Waals surface area contributed by atoms with E-state index in [2.05, 4.69) is 124 Å². The maximum Gasteiger partial charge on any atom is 0.186 e. The maximum absolute atomic E-state index is 5.07. The minimum atomic E-state index is 0.194. The Kier molecular flexibility index (Phi) is 6.55. The summed E-state index contributed by atoms with van der Waals surface area (Å²) in [5, 5.41) is 10.1. The first kappa shape index (κ1) is 26.5. The summed E-state index contributed by atoms with van der Waals surface area (Å²) in [5.74, 6) is 0.686. The first-order chi connectivity index (χ1) is 21.8. The highest BCUT2D eigenvalue weighted by atomic mass is 35.5. The summed E-state index contributed by atoms with van der Waals surface area (Å²) in [7, 11) is 0. The fraction of sp³-hybridized carbons (Fsp3) is 0.0270. The number of pyridine rings is 1. The molecule has 0 aliphatic rings. The summed E-state index contributed by atoms with van der Waals surface area (Å²) in [6.45, 7) is 0. The lowest BCUT2D eigenvalue weighted by Crippen LogP contribution is -2.21. The number of benzene rings is 5. The third-order valence-corrected chi connectivity index (χ3v) is 8.13. The number of rotatable bonds is 3. The van der Waals surface area contributed by atoms with E-state index in [0.29, 0.717) is 5.82 Å². The fourth-order valence-corrected chi connectivity index (χ4v) is 6.43. The molecule has 0 unspecified atom stereocenters. The number of para-hydroxylation sites is 4. The molecule has 0 saturated heterocycles. The lowest BCUT2D eigenvalue weighted by Gasteiger charge is -2.18. The molecule has 4 aromatic heterocycles. The van der Waals surface area contributed by atoms with Crippen molar-refractivity contribution in [3.05, 3.63) is 140 Å². The molecule has 0 radical (unpaired) electrons. The van der Waals surface area contributed by atoms with Crippen molar-refractivity contribution in [3.8, 4) is 22.8 Å². The minimum Gasteiger partial charge on any atom is -0.308 e. The number of hydrogen-bond donors (Lipinski definition) is 0. The van der Waals surface area contributed by atoms with Crippen molar-refractivity contribution < 1.29 is 4.52 Å². The van der Waals surface area contributed by atoms with Gasteiger partial charge in [-0.05, 0) is 48.5 Å². The van der Waals surface area contributed by atoms with Gasteiger partial charge in [-0.1, -0.05) is 84.9 Å². The van der Waals surface area contributed by atoms with Gasteiger partial charge in [0.1, 0.15) is 0 Å². The predicted octanol–water partition coefficient (Wildman–Crippen LogP) is 9.06. The first-order valence-electron chi connectivity index (χ1n) is 14.3. The Labute approximate surface area is 263 Å². The van der Waals surface area contributed by atoms with Gasteiger partial charge >= 0.3 is 0 Å². The van der Waals surface area contributed by atoms with E-state index in [1.54, 1.807) is 0 Å². The zero-order chi connectivity index (χ0) is 29.6. The molecule has 4 heterocycles. The van der Waals surface area contributed by atoms with Gasteiger partial charge in [0.2, 0.25) is 0 Å². The zero-order valence-corrected chi connectivity index (χ0v) is 25.0. The average molecular weight is 611 g/mol.